The first kappa shape index (κ1) is 40.2. The lowest BCUT2D eigenvalue weighted by molar-refractivity contribution is -0.138. The van der Waals surface area contributed by atoms with Crippen molar-refractivity contribution in [3.05, 3.63) is 29.8 Å². The van der Waals surface area contributed by atoms with E-state index < -0.39 is 67.0 Å². The minimum atomic E-state index is -1.56. The molecule has 0 bridgehead atoms. The first-order valence-electron chi connectivity index (χ1n) is 16.4. The molecule has 48 heavy (non-hydrogen) atoms. The van der Waals surface area contributed by atoms with Gasteiger partial charge in [0.05, 0.1) is 19.2 Å². The van der Waals surface area contributed by atoms with Crippen LogP contribution in [0.15, 0.2) is 24.3 Å². The Labute approximate surface area is 280 Å². The van der Waals surface area contributed by atoms with Gasteiger partial charge in [0.25, 0.3) is 0 Å². The molecule has 1 aliphatic heterocycles. The van der Waals surface area contributed by atoms with E-state index in [-0.39, 0.29) is 37.9 Å². The predicted molar refractivity (Wildman–Crippen MR) is 175 cm³/mol. The minimum Gasteiger partial charge on any atom is -0.445 e. The average molecular weight is 681 g/mol. The molecule has 0 radical (unpaired) electrons. The molecule has 0 aliphatic carbocycles. The second-order valence-corrected chi connectivity index (χ2v) is 12.3. The van der Waals surface area contributed by atoms with E-state index in [1.54, 1.807) is 38.1 Å². The van der Waals surface area contributed by atoms with Crippen LogP contribution in [0.2, 0.25) is 0 Å². The summed E-state index contributed by atoms with van der Waals surface area (Å²) in [5.74, 6) is -1.54. The SMILES string of the molecule is CCCCCCC(=O)NC(C(=O)NC(CCCNC(N)=O)C(=O)Nc1ccc(COC(=O)N2C[C@@H](O)[C@@H](O)[C@H](O)[C@H]2CO)cc1)C(C)C. The molecule has 1 aliphatic rings. The number of carbonyl (C=O) groups excluding carboxylic acids is 5. The number of benzene rings is 1. The van der Waals surface area contributed by atoms with Crippen molar-refractivity contribution in [2.45, 2.75) is 109 Å². The third-order valence-corrected chi connectivity index (χ3v) is 8.05. The zero-order valence-corrected chi connectivity index (χ0v) is 27.9. The van der Waals surface area contributed by atoms with E-state index >= 15 is 0 Å². The number of nitrogens with one attached hydrogen (secondary N) is 4. The van der Waals surface area contributed by atoms with Crippen molar-refractivity contribution in [2.75, 3.05) is 25.0 Å². The Bertz CT molecular complexity index is 1200. The molecule has 0 saturated carbocycles. The largest absolute Gasteiger partial charge is 0.445 e. The highest BCUT2D eigenvalue weighted by Crippen LogP contribution is 2.21. The second kappa shape index (κ2) is 20.4. The van der Waals surface area contributed by atoms with E-state index in [1.165, 1.54) is 0 Å². The predicted octanol–water partition coefficient (Wildman–Crippen LogP) is 0.0654. The zero-order chi connectivity index (χ0) is 35.8. The maximum absolute atomic E-state index is 13.3. The molecule has 2 rings (SSSR count). The number of unbranched alkanes of at least 4 members (excludes halogenated alkanes) is 3. The van der Waals surface area contributed by atoms with Crippen molar-refractivity contribution in [3.8, 4) is 0 Å². The molecule has 1 aromatic rings. The lowest BCUT2D eigenvalue weighted by Gasteiger charge is -2.42. The Morgan fingerprint density at radius 3 is 2.25 bits per heavy atom. The number of piperidine rings is 1. The fraction of sp³-hybridized carbons (Fsp3) is 0.656. The van der Waals surface area contributed by atoms with Gasteiger partial charge in [-0.2, -0.15) is 0 Å². The first-order valence-corrected chi connectivity index (χ1v) is 16.4. The number of primary amides is 1. The van der Waals surface area contributed by atoms with Gasteiger partial charge < -0.3 is 52.2 Å². The summed E-state index contributed by atoms with van der Waals surface area (Å²) in [5.41, 5.74) is 6.04. The Kier molecular flexibility index (Phi) is 17.1. The van der Waals surface area contributed by atoms with Crippen molar-refractivity contribution in [2.24, 2.45) is 11.7 Å². The van der Waals surface area contributed by atoms with Crippen molar-refractivity contribution in [3.63, 3.8) is 0 Å². The van der Waals surface area contributed by atoms with Crippen LogP contribution in [-0.2, 0) is 25.7 Å². The fourth-order valence-electron chi connectivity index (χ4n) is 5.18. The summed E-state index contributed by atoms with van der Waals surface area (Å²) in [4.78, 5) is 63.8. The molecule has 6 atom stereocenters. The molecule has 1 heterocycles. The first-order chi connectivity index (χ1) is 22.8. The van der Waals surface area contributed by atoms with Crippen LogP contribution in [0, 0.1) is 5.92 Å². The van der Waals surface area contributed by atoms with E-state index in [0.29, 0.717) is 30.5 Å². The number of urea groups is 1. The highest BCUT2D eigenvalue weighted by atomic mass is 16.6. The highest BCUT2D eigenvalue weighted by Gasteiger charge is 2.43. The number of ether oxygens (including phenoxy) is 1. The molecule has 1 aromatic carbocycles. The van der Waals surface area contributed by atoms with Crippen molar-refractivity contribution in [1.29, 1.82) is 0 Å². The normalized spacial score (nSPS) is 20.4. The summed E-state index contributed by atoms with van der Waals surface area (Å²) in [6.07, 6.45) is -0.928. The van der Waals surface area contributed by atoms with Gasteiger partial charge in [0.1, 0.15) is 37.0 Å². The summed E-state index contributed by atoms with van der Waals surface area (Å²) in [7, 11) is 0. The van der Waals surface area contributed by atoms with Crippen molar-refractivity contribution < 1.29 is 49.1 Å². The molecule has 1 fully saturated rings. The number of β-amino-alcohol motifs (C(OH)–C–C–N with tert-alkyl or cyclic N) is 1. The smallest absolute Gasteiger partial charge is 0.410 e. The Morgan fingerprint density at radius 1 is 0.958 bits per heavy atom. The van der Waals surface area contributed by atoms with Crippen LogP contribution in [0.5, 0.6) is 0 Å². The zero-order valence-electron chi connectivity index (χ0n) is 27.9. The van der Waals surface area contributed by atoms with Gasteiger partial charge >= 0.3 is 12.1 Å². The number of likely N-dealkylation sites (tertiary alicyclic amines) is 1. The van der Waals surface area contributed by atoms with Gasteiger partial charge in [-0.15, -0.1) is 0 Å². The lowest BCUT2D eigenvalue weighted by Crippen LogP contribution is -2.63. The topological polar surface area (TPSA) is 253 Å². The number of carbonyl (C=O) groups is 5. The fourth-order valence-corrected chi connectivity index (χ4v) is 5.18. The number of hydrogen-bond donors (Lipinski definition) is 9. The Morgan fingerprint density at radius 2 is 1.65 bits per heavy atom. The van der Waals surface area contributed by atoms with Crippen molar-refractivity contribution in [1.82, 2.24) is 20.9 Å². The number of nitrogens with zero attached hydrogens (tertiary/aromatic N) is 1. The van der Waals surface area contributed by atoms with Crippen LogP contribution in [0.3, 0.4) is 0 Å². The van der Waals surface area contributed by atoms with Crippen LogP contribution < -0.4 is 27.0 Å². The van der Waals surface area contributed by atoms with E-state index in [0.717, 1.165) is 24.2 Å². The minimum absolute atomic E-state index is 0.160. The van der Waals surface area contributed by atoms with Gasteiger partial charge in [-0.1, -0.05) is 52.2 Å². The monoisotopic (exact) mass is 680 g/mol. The average Bonchev–Trinajstić information content (AvgIpc) is 3.04. The Hall–Kier alpha value is -3.99. The molecule has 6 amide bonds. The molecule has 1 saturated heterocycles. The van der Waals surface area contributed by atoms with Crippen LogP contribution in [0.4, 0.5) is 15.3 Å². The standard InChI is InChI=1S/C32H52N6O10/c1-4-5-6-7-10-25(41)37-26(19(2)3)30(45)36-22(9-8-15-34-31(33)46)29(44)35-21-13-11-20(12-14-21)18-48-32(47)38-16-24(40)28(43)27(42)23(38)17-39/h11-14,19,22-24,26-28,39-40,42-43H,4-10,15-18H2,1-3H3,(H,35,44)(H,36,45)(H,37,41)(H3,33,34,46)/t22?,23-,24-,26?,27-,28-/m1/s1. The number of aliphatic hydroxyl groups is 4. The third kappa shape index (κ3) is 12.9. The molecule has 270 valence electrons. The molecular weight excluding hydrogens is 628 g/mol. The van der Waals surface area contributed by atoms with E-state index in [1.807, 2.05) is 0 Å². The quantitative estimate of drug-likeness (QED) is 0.0943. The molecule has 0 aromatic heterocycles. The molecule has 10 N–H and O–H groups in total. The van der Waals surface area contributed by atoms with E-state index in [2.05, 4.69) is 28.2 Å². The van der Waals surface area contributed by atoms with Gasteiger partial charge in [-0.3, -0.25) is 19.3 Å². The molecule has 0 spiro atoms. The van der Waals surface area contributed by atoms with Gasteiger partial charge in [0.15, 0.2) is 0 Å². The molecular formula is C32H52N6O10. The maximum Gasteiger partial charge on any atom is 0.410 e. The van der Waals surface area contributed by atoms with Gasteiger partial charge in [-0.05, 0) is 42.9 Å². The van der Waals surface area contributed by atoms with Gasteiger partial charge in [-0.25, -0.2) is 9.59 Å². The Balaban J connectivity index is 2.03. The summed E-state index contributed by atoms with van der Waals surface area (Å²) >= 11 is 0. The van der Waals surface area contributed by atoms with E-state index in [9.17, 15) is 44.4 Å². The summed E-state index contributed by atoms with van der Waals surface area (Å²) in [6, 6.07) is 2.55. The highest BCUT2D eigenvalue weighted by molar-refractivity contribution is 5.98. The number of aliphatic hydroxyl groups excluding tert-OH is 4. The van der Waals surface area contributed by atoms with Crippen LogP contribution in [0.25, 0.3) is 0 Å². The van der Waals surface area contributed by atoms with Crippen LogP contribution in [-0.4, -0.2) is 111 Å². The number of anilines is 1. The summed E-state index contributed by atoms with van der Waals surface area (Å²) in [6.45, 7) is 4.65. The summed E-state index contributed by atoms with van der Waals surface area (Å²) in [5, 5.41) is 50.2. The maximum atomic E-state index is 13.3. The van der Waals surface area contributed by atoms with Gasteiger partial charge in [0, 0.05) is 18.7 Å². The molecule has 16 heteroatoms. The van der Waals surface area contributed by atoms with Gasteiger partial charge in [0.2, 0.25) is 17.7 Å². The van der Waals surface area contributed by atoms with Crippen molar-refractivity contribution >= 4 is 35.5 Å². The second-order valence-electron chi connectivity index (χ2n) is 12.3. The number of hydrogen-bond acceptors (Lipinski definition) is 10. The number of amides is 6. The lowest BCUT2D eigenvalue weighted by atomic mass is 9.95. The molecule has 2 unspecified atom stereocenters. The van der Waals surface area contributed by atoms with Crippen LogP contribution in [0.1, 0.15) is 71.3 Å². The third-order valence-electron chi connectivity index (χ3n) is 8.05. The van der Waals surface area contributed by atoms with E-state index in [4.69, 9.17) is 10.5 Å². The summed E-state index contributed by atoms with van der Waals surface area (Å²) < 4.78 is 5.28. The number of rotatable bonds is 18. The number of nitrogens with two attached hydrogens (primary N) is 1. The molecule has 16 nitrogen and oxygen atoms in total. The van der Waals surface area contributed by atoms with Crippen LogP contribution >= 0.6 is 0 Å².